The van der Waals surface area contributed by atoms with E-state index in [0.29, 0.717) is 0 Å². The zero-order valence-electron chi connectivity index (χ0n) is 5.53. The molecule has 0 saturated carbocycles. The molecule has 0 spiro atoms. The zero-order valence-corrected chi connectivity index (χ0v) is 5.53. The Morgan fingerprint density at radius 1 is 1.70 bits per heavy atom. The lowest BCUT2D eigenvalue weighted by molar-refractivity contribution is -0.153. The van der Waals surface area contributed by atoms with Crippen molar-refractivity contribution in [2.45, 2.75) is 13.0 Å². The monoisotopic (exact) mass is 147 g/mol. The van der Waals surface area contributed by atoms with E-state index < -0.39 is 18.0 Å². The Morgan fingerprint density at radius 2 is 2.20 bits per heavy atom. The van der Waals surface area contributed by atoms with E-state index in [1.54, 1.807) is 6.92 Å². The molecule has 0 aromatic carbocycles. The normalized spacial score (nSPS) is 12.2. The first kappa shape index (κ1) is 8.90. The highest BCUT2D eigenvalue weighted by Gasteiger charge is 2.21. The molecule has 0 aromatic rings. The van der Waals surface area contributed by atoms with Gasteiger partial charge in [-0.15, -0.1) is 0 Å². The van der Waals surface area contributed by atoms with Crippen LogP contribution >= 0.6 is 0 Å². The molecule has 5 nitrogen and oxygen atoms in total. The van der Waals surface area contributed by atoms with Crippen molar-refractivity contribution in [2.75, 3.05) is 6.61 Å². The van der Waals surface area contributed by atoms with Gasteiger partial charge in [-0.2, -0.15) is 0 Å². The van der Waals surface area contributed by atoms with Gasteiger partial charge in [0.05, 0.1) is 6.61 Å². The molecule has 10 heavy (non-hydrogen) atoms. The van der Waals surface area contributed by atoms with Crippen LogP contribution in [0.2, 0.25) is 0 Å². The van der Waals surface area contributed by atoms with Crippen molar-refractivity contribution < 1.29 is 19.4 Å². The van der Waals surface area contributed by atoms with Gasteiger partial charge in [0.2, 0.25) is 6.04 Å². The fourth-order valence-corrected chi connectivity index (χ4v) is 0.333. The molecule has 0 aliphatic heterocycles. The van der Waals surface area contributed by atoms with Gasteiger partial charge in [0, 0.05) is 0 Å². The second-order valence-corrected chi connectivity index (χ2v) is 1.57. The summed E-state index contributed by atoms with van der Waals surface area (Å²) in [6.45, 7) is 1.71. The van der Waals surface area contributed by atoms with E-state index in [1.165, 1.54) is 0 Å². The van der Waals surface area contributed by atoms with Crippen molar-refractivity contribution in [3.63, 3.8) is 0 Å². The van der Waals surface area contributed by atoms with E-state index in [0.717, 1.165) is 0 Å². The molecule has 3 N–H and O–H groups in total. The molecule has 0 heterocycles. The number of nitrogens with two attached hydrogens (primary N) is 1. The number of carboxylic acids is 1. The van der Waals surface area contributed by atoms with Gasteiger partial charge >= 0.3 is 11.9 Å². The minimum absolute atomic E-state index is 0.139. The van der Waals surface area contributed by atoms with Gasteiger partial charge in [0.15, 0.2) is 0 Å². The highest BCUT2D eigenvalue weighted by atomic mass is 16.5. The van der Waals surface area contributed by atoms with Crippen LogP contribution in [0.5, 0.6) is 0 Å². The van der Waals surface area contributed by atoms with Gasteiger partial charge in [-0.1, -0.05) is 0 Å². The lowest BCUT2D eigenvalue weighted by Crippen LogP contribution is -2.39. The van der Waals surface area contributed by atoms with E-state index in [-0.39, 0.29) is 6.61 Å². The molecule has 0 aromatic heterocycles. The molecular formula is C5H9NO4. The fourth-order valence-electron chi connectivity index (χ4n) is 0.333. The molecular weight excluding hydrogens is 138 g/mol. The summed E-state index contributed by atoms with van der Waals surface area (Å²) in [5.74, 6) is -2.28. The van der Waals surface area contributed by atoms with Crippen molar-refractivity contribution >= 4 is 11.9 Å². The van der Waals surface area contributed by atoms with Crippen LogP contribution in [0, 0.1) is 0 Å². The number of hydrogen-bond acceptors (Lipinski definition) is 4. The number of rotatable bonds is 3. The molecule has 0 aliphatic rings. The summed E-state index contributed by atoms with van der Waals surface area (Å²) in [6.07, 6.45) is 0. The van der Waals surface area contributed by atoms with Crippen LogP contribution in [-0.4, -0.2) is 29.7 Å². The van der Waals surface area contributed by atoms with Crippen LogP contribution in [0.1, 0.15) is 6.92 Å². The number of hydrogen-bond donors (Lipinski definition) is 2. The maximum atomic E-state index is 10.5. The van der Waals surface area contributed by atoms with Crippen LogP contribution < -0.4 is 5.73 Å². The number of ether oxygens (including phenoxy) is 1. The van der Waals surface area contributed by atoms with Gasteiger partial charge in [-0.25, -0.2) is 9.59 Å². The van der Waals surface area contributed by atoms with E-state index in [4.69, 9.17) is 10.8 Å². The molecule has 0 amide bonds. The Hall–Kier alpha value is -1.10. The minimum Gasteiger partial charge on any atom is -0.480 e. The Kier molecular flexibility index (Phi) is 3.42. The quantitative estimate of drug-likeness (QED) is 0.393. The Morgan fingerprint density at radius 3 is 2.50 bits per heavy atom. The third-order valence-corrected chi connectivity index (χ3v) is 0.807. The SMILES string of the molecule is CCOC(=O)[C@H](N)C(=O)O. The summed E-state index contributed by atoms with van der Waals surface area (Å²) in [7, 11) is 0. The molecule has 5 heteroatoms. The average molecular weight is 147 g/mol. The standard InChI is InChI=1S/C5H9NO4/c1-2-10-5(9)3(6)4(7)8/h3H,2,6H2,1H3,(H,7,8)/t3-/m1/s1. The highest BCUT2D eigenvalue weighted by Crippen LogP contribution is 1.84. The van der Waals surface area contributed by atoms with E-state index in [1.807, 2.05) is 0 Å². The van der Waals surface area contributed by atoms with Crippen LogP contribution in [0.3, 0.4) is 0 Å². The summed E-state index contributed by atoms with van der Waals surface area (Å²) < 4.78 is 4.32. The van der Waals surface area contributed by atoms with Crippen LogP contribution in [0.25, 0.3) is 0 Å². The summed E-state index contributed by atoms with van der Waals surface area (Å²) in [5.41, 5.74) is 4.87. The molecule has 1 atom stereocenters. The Balaban J connectivity index is 3.82. The Labute approximate surface area is 57.8 Å². The average Bonchev–Trinajstić information content (AvgIpc) is 1.87. The number of carboxylic acid groups (broad SMARTS) is 1. The highest BCUT2D eigenvalue weighted by molar-refractivity contribution is 5.97. The van der Waals surface area contributed by atoms with E-state index in [9.17, 15) is 9.59 Å². The first-order valence-electron chi connectivity index (χ1n) is 2.74. The lowest BCUT2D eigenvalue weighted by atomic mass is 10.3. The summed E-state index contributed by atoms with van der Waals surface area (Å²) in [6, 6.07) is -1.56. The second kappa shape index (κ2) is 3.84. The summed E-state index contributed by atoms with van der Waals surface area (Å²) in [5, 5.41) is 8.15. The number of esters is 1. The van der Waals surface area contributed by atoms with Crippen molar-refractivity contribution in [3.8, 4) is 0 Å². The lowest BCUT2D eigenvalue weighted by Gasteiger charge is -2.03. The minimum atomic E-state index is -1.56. The van der Waals surface area contributed by atoms with Gasteiger partial charge in [-0.05, 0) is 6.92 Å². The molecule has 0 bridgehead atoms. The third kappa shape index (κ3) is 2.45. The summed E-state index contributed by atoms with van der Waals surface area (Å²) in [4.78, 5) is 20.4. The van der Waals surface area contributed by atoms with Crippen molar-refractivity contribution in [2.24, 2.45) is 5.73 Å². The first-order chi connectivity index (χ1) is 4.59. The maximum Gasteiger partial charge on any atom is 0.334 e. The number of carbonyl (C=O) groups excluding carboxylic acids is 1. The van der Waals surface area contributed by atoms with Gasteiger partial charge in [-0.3, -0.25) is 0 Å². The molecule has 0 fully saturated rings. The fraction of sp³-hybridized carbons (Fsp3) is 0.600. The summed E-state index contributed by atoms with van der Waals surface area (Å²) >= 11 is 0. The second-order valence-electron chi connectivity index (χ2n) is 1.57. The maximum absolute atomic E-state index is 10.5. The zero-order chi connectivity index (χ0) is 8.15. The predicted octanol–water partition coefficient (Wildman–Crippen LogP) is -1.04. The largest absolute Gasteiger partial charge is 0.480 e. The first-order valence-corrected chi connectivity index (χ1v) is 2.74. The van der Waals surface area contributed by atoms with E-state index >= 15 is 0 Å². The molecule has 0 rings (SSSR count). The predicted molar refractivity (Wildman–Crippen MR) is 32.2 cm³/mol. The molecule has 0 radical (unpaired) electrons. The van der Waals surface area contributed by atoms with Crippen molar-refractivity contribution in [1.82, 2.24) is 0 Å². The van der Waals surface area contributed by atoms with Crippen LogP contribution in [0.4, 0.5) is 0 Å². The Bertz CT molecular complexity index is 145. The molecule has 58 valence electrons. The molecule has 0 unspecified atom stereocenters. The van der Waals surface area contributed by atoms with Gasteiger partial charge < -0.3 is 15.6 Å². The number of carbonyl (C=O) groups is 2. The van der Waals surface area contributed by atoms with Gasteiger partial charge in [0.25, 0.3) is 0 Å². The smallest absolute Gasteiger partial charge is 0.334 e. The number of aliphatic carboxylic acids is 1. The van der Waals surface area contributed by atoms with Gasteiger partial charge in [0.1, 0.15) is 0 Å². The van der Waals surface area contributed by atoms with E-state index in [2.05, 4.69) is 4.74 Å². The van der Waals surface area contributed by atoms with Crippen molar-refractivity contribution in [1.29, 1.82) is 0 Å². The third-order valence-electron chi connectivity index (χ3n) is 0.807. The van der Waals surface area contributed by atoms with Crippen LogP contribution in [0.15, 0.2) is 0 Å². The van der Waals surface area contributed by atoms with Crippen molar-refractivity contribution in [3.05, 3.63) is 0 Å². The molecule has 0 saturated heterocycles. The molecule has 0 aliphatic carbocycles. The van der Waals surface area contributed by atoms with Crippen LogP contribution in [-0.2, 0) is 14.3 Å². The topological polar surface area (TPSA) is 89.6 Å².